The van der Waals surface area contributed by atoms with Crippen LogP contribution in [0.25, 0.3) is 0 Å². The molecule has 0 radical (unpaired) electrons. The fourth-order valence-electron chi connectivity index (χ4n) is 0.598. The minimum Gasteiger partial charge on any atom is -0.399 e. The van der Waals surface area contributed by atoms with Crippen LogP contribution in [-0.4, -0.2) is 5.92 Å². The first kappa shape index (κ1) is 6.10. The summed E-state index contributed by atoms with van der Waals surface area (Å²) in [5.41, 5.74) is 10.5. The Morgan fingerprint density at radius 1 is 1.67 bits per heavy atom. The maximum absolute atomic E-state index is 12.6. The summed E-state index contributed by atoms with van der Waals surface area (Å²) in [4.78, 5) is 0. The average Bonchev–Trinajstić information content (AvgIpc) is 1.60. The van der Waals surface area contributed by atoms with Crippen molar-refractivity contribution in [1.82, 2.24) is 5.32 Å². The minimum atomic E-state index is -1.97. The Bertz CT molecular complexity index is 171. The number of hydrogen-bond acceptors (Lipinski definition) is 3. The van der Waals surface area contributed by atoms with E-state index in [1.165, 1.54) is 12.3 Å². The third kappa shape index (κ3) is 1.43. The summed E-state index contributed by atoms with van der Waals surface area (Å²) in [5.74, 6) is -1.97. The molecule has 3 nitrogen and oxygen atoms in total. The van der Waals surface area contributed by atoms with Crippen LogP contribution in [0.5, 0.6) is 0 Å². The number of nitrogens with one attached hydrogen (secondary N) is 1. The molecule has 1 aliphatic rings. The third-order valence-corrected chi connectivity index (χ3v) is 0.957. The van der Waals surface area contributed by atoms with E-state index < -0.39 is 5.92 Å². The van der Waals surface area contributed by atoms with Crippen molar-refractivity contribution in [2.45, 2.75) is 5.92 Å². The molecule has 0 aliphatic carbocycles. The highest BCUT2D eigenvalue weighted by Gasteiger charge is 2.19. The van der Waals surface area contributed by atoms with E-state index in [2.05, 4.69) is 5.32 Å². The highest BCUT2D eigenvalue weighted by Crippen LogP contribution is 2.06. The molecule has 1 atom stereocenters. The van der Waals surface area contributed by atoms with Crippen molar-refractivity contribution < 1.29 is 4.39 Å². The molecule has 0 spiro atoms. The molecule has 0 bridgehead atoms. The second kappa shape index (κ2) is 1.73. The summed E-state index contributed by atoms with van der Waals surface area (Å²) in [5, 5.41) is 2.26. The van der Waals surface area contributed by atoms with Gasteiger partial charge in [0.05, 0.1) is 0 Å². The first-order valence-corrected chi connectivity index (χ1v) is 2.50. The zero-order valence-electron chi connectivity index (χ0n) is 4.76. The summed E-state index contributed by atoms with van der Waals surface area (Å²) < 4.78 is 12.6. The van der Waals surface area contributed by atoms with Crippen LogP contribution in [0.2, 0.25) is 0 Å². The molecular weight excluding hydrogens is 121 g/mol. The van der Waals surface area contributed by atoms with Gasteiger partial charge in [0, 0.05) is 18.0 Å². The standard InChI is InChI=1S/C5H8FN3/c6-5(8)3-4(7)1-2-9-5/h1-3,9H,7-8H2. The molecule has 1 aliphatic heterocycles. The molecule has 1 unspecified atom stereocenters. The van der Waals surface area contributed by atoms with Crippen LogP contribution in [0.4, 0.5) is 4.39 Å². The summed E-state index contributed by atoms with van der Waals surface area (Å²) in [6.45, 7) is 0. The maximum atomic E-state index is 12.6. The van der Waals surface area contributed by atoms with E-state index in [4.69, 9.17) is 11.5 Å². The topological polar surface area (TPSA) is 64.1 Å². The molecule has 0 saturated carbocycles. The van der Waals surface area contributed by atoms with Gasteiger partial charge < -0.3 is 11.1 Å². The first-order valence-electron chi connectivity index (χ1n) is 2.50. The van der Waals surface area contributed by atoms with Gasteiger partial charge in [-0.2, -0.15) is 4.39 Å². The fourth-order valence-corrected chi connectivity index (χ4v) is 0.598. The van der Waals surface area contributed by atoms with Gasteiger partial charge in [-0.3, -0.25) is 5.73 Å². The minimum absolute atomic E-state index is 0.332. The lowest BCUT2D eigenvalue weighted by atomic mass is 10.3. The van der Waals surface area contributed by atoms with E-state index in [9.17, 15) is 4.39 Å². The smallest absolute Gasteiger partial charge is 0.254 e. The lowest BCUT2D eigenvalue weighted by Gasteiger charge is -2.19. The lowest BCUT2D eigenvalue weighted by molar-refractivity contribution is 0.205. The number of dihydropyridines is 1. The predicted molar refractivity (Wildman–Crippen MR) is 32.6 cm³/mol. The summed E-state index contributed by atoms with van der Waals surface area (Å²) in [7, 11) is 0. The molecule has 0 fully saturated rings. The van der Waals surface area contributed by atoms with Crippen LogP contribution in [0, 0.1) is 0 Å². The first-order chi connectivity index (χ1) is 4.10. The summed E-state index contributed by atoms with van der Waals surface area (Å²) in [6.07, 6.45) is 4.01. The molecule has 0 saturated heterocycles. The van der Waals surface area contributed by atoms with E-state index in [-0.39, 0.29) is 0 Å². The number of nitrogens with two attached hydrogens (primary N) is 2. The summed E-state index contributed by atoms with van der Waals surface area (Å²) >= 11 is 0. The number of allylic oxidation sites excluding steroid dienone is 1. The van der Waals surface area contributed by atoms with E-state index >= 15 is 0 Å². The Hall–Kier alpha value is -1.03. The van der Waals surface area contributed by atoms with Crippen LogP contribution in [-0.2, 0) is 0 Å². The highest BCUT2D eigenvalue weighted by atomic mass is 19.1. The molecule has 1 rings (SSSR count). The molecule has 0 aromatic carbocycles. The van der Waals surface area contributed by atoms with E-state index in [1.54, 1.807) is 0 Å². The molecule has 50 valence electrons. The van der Waals surface area contributed by atoms with Crippen molar-refractivity contribution in [2.75, 3.05) is 0 Å². The molecule has 0 amide bonds. The van der Waals surface area contributed by atoms with Crippen molar-refractivity contribution in [3.63, 3.8) is 0 Å². The zero-order valence-corrected chi connectivity index (χ0v) is 4.76. The Labute approximate surface area is 52.2 Å². The highest BCUT2D eigenvalue weighted by molar-refractivity contribution is 5.22. The van der Waals surface area contributed by atoms with E-state index in [1.807, 2.05) is 0 Å². The van der Waals surface area contributed by atoms with E-state index in [0.29, 0.717) is 5.70 Å². The van der Waals surface area contributed by atoms with Gasteiger partial charge in [-0.1, -0.05) is 0 Å². The SMILES string of the molecule is NC1=CC(N)(F)NC=C1. The Kier molecular flexibility index (Phi) is 1.17. The molecule has 0 aromatic rings. The van der Waals surface area contributed by atoms with Gasteiger partial charge in [-0.15, -0.1) is 0 Å². The van der Waals surface area contributed by atoms with Gasteiger partial charge in [-0.25, -0.2) is 0 Å². The van der Waals surface area contributed by atoms with Crippen molar-refractivity contribution in [1.29, 1.82) is 0 Å². The fraction of sp³-hybridized carbons (Fsp3) is 0.200. The molecule has 5 N–H and O–H groups in total. The number of halogens is 1. The molecule has 0 aromatic heterocycles. The number of alkyl halides is 1. The normalized spacial score (nSPS) is 33.3. The van der Waals surface area contributed by atoms with Crippen molar-refractivity contribution >= 4 is 0 Å². The van der Waals surface area contributed by atoms with Crippen LogP contribution < -0.4 is 16.8 Å². The number of rotatable bonds is 0. The van der Waals surface area contributed by atoms with Crippen LogP contribution in [0.15, 0.2) is 24.0 Å². The van der Waals surface area contributed by atoms with Gasteiger partial charge in [0.25, 0.3) is 5.92 Å². The predicted octanol–water partition coefficient (Wildman–Crippen LogP) is -0.472. The Balaban J connectivity index is 2.78. The van der Waals surface area contributed by atoms with Gasteiger partial charge in [-0.05, 0) is 6.08 Å². The Morgan fingerprint density at radius 3 is 2.67 bits per heavy atom. The van der Waals surface area contributed by atoms with Crippen molar-refractivity contribution in [3.05, 3.63) is 24.0 Å². The van der Waals surface area contributed by atoms with Crippen LogP contribution >= 0.6 is 0 Å². The third-order valence-electron chi connectivity index (χ3n) is 0.957. The van der Waals surface area contributed by atoms with Gasteiger partial charge in [0.15, 0.2) is 0 Å². The van der Waals surface area contributed by atoms with Crippen molar-refractivity contribution in [3.8, 4) is 0 Å². The maximum Gasteiger partial charge on any atom is 0.254 e. The quantitative estimate of drug-likeness (QED) is 0.387. The molecule has 9 heavy (non-hydrogen) atoms. The molecular formula is C5H8FN3. The second-order valence-electron chi connectivity index (χ2n) is 1.89. The average molecular weight is 129 g/mol. The largest absolute Gasteiger partial charge is 0.399 e. The Morgan fingerprint density at radius 2 is 2.33 bits per heavy atom. The van der Waals surface area contributed by atoms with E-state index in [0.717, 1.165) is 6.08 Å². The zero-order chi connectivity index (χ0) is 6.91. The molecule has 1 heterocycles. The lowest BCUT2D eigenvalue weighted by Crippen LogP contribution is -2.46. The van der Waals surface area contributed by atoms with Gasteiger partial charge in [0.1, 0.15) is 0 Å². The van der Waals surface area contributed by atoms with Gasteiger partial charge >= 0.3 is 0 Å². The van der Waals surface area contributed by atoms with Gasteiger partial charge in [0.2, 0.25) is 0 Å². The van der Waals surface area contributed by atoms with Crippen LogP contribution in [0.3, 0.4) is 0 Å². The van der Waals surface area contributed by atoms with Crippen molar-refractivity contribution in [2.24, 2.45) is 11.5 Å². The summed E-state index contributed by atoms with van der Waals surface area (Å²) in [6, 6.07) is 0. The van der Waals surface area contributed by atoms with Crippen LogP contribution in [0.1, 0.15) is 0 Å². The second-order valence-corrected chi connectivity index (χ2v) is 1.89. The number of hydrogen-bond donors (Lipinski definition) is 3. The molecule has 4 heteroatoms. The monoisotopic (exact) mass is 129 g/mol.